The van der Waals surface area contributed by atoms with Gasteiger partial charge in [0.25, 0.3) is 0 Å². The summed E-state index contributed by atoms with van der Waals surface area (Å²) in [6.07, 6.45) is -0.0492. The standard InChI is InChI=1S/C15H21NO3S/c1-11(2)20-10-14(17)16(9-8-15(18)19)13-7-5-4-6-12(13)3/h4-7,11H,8-10H2,1-3H3,(H,18,19). The molecule has 0 bridgehead atoms. The molecule has 0 aliphatic carbocycles. The molecule has 0 aliphatic rings. The second kappa shape index (κ2) is 7.94. The highest BCUT2D eigenvalue weighted by molar-refractivity contribution is 8.00. The van der Waals surface area contributed by atoms with Crippen LogP contribution in [0.3, 0.4) is 0 Å². The van der Waals surface area contributed by atoms with Crippen LogP contribution < -0.4 is 4.90 Å². The summed E-state index contributed by atoms with van der Waals surface area (Å²) in [5, 5.41) is 9.21. The number of aryl methyl sites for hydroxylation is 1. The third kappa shape index (κ3) is 5.25. The van der Waals surface area contributed by atoms with Crippen LogP contribution in [0.25, 0.3) is 0 Å². The van der Waals surface area contributed by atoms with Crippen molar-refractivity contribution < 1.29 is 14.7 Å². The lowest BCUT2D eigenvalue weighted by Gasteiger charge is -2.24. The van der Waals surface area contributed by atoms with Gasteiger partial charge in [0.05, 0.1) is 12.2 Å². The van der Waals surface area contributed by atoms with Crippen molar-refractivity contribution in [2.45, 2.75) is 32.4 Å². The third-order valence-electron chi connectivity index (χ3n) is 2.80. The van der Waals surface area contributed by atoms with E-state index in [1.165, 1.54) is 0 Å². The van der Waals surface area contributed by atoms with Gasteiger partial charge in [-0.3, -0.25) is 9.59 Å². The van der Waals surface area contributed by atoms with Crippen LogP contribution in [0, 0.1) is 6.92 Å². The van der Waals surface area contributed by atoms with E-state index < -0.39 is 5.97 Å². The van der Waals surface area contributed by atoms with Crippen molar-refractivity contribution in [3.63, 3.8) is 0 Å². The highest BCUT2D eigenvalue weighted by Gasteiger charge is 2.18. The Balaban J connectivity index is 2.87. The van der Waals surface area contributed by atoms with E-state index >= 15 is 0 Å². The number of anilines is 1. The first kappa shape index (κ1) is 16.6. The summed E-state index contributed by atoms with van der Waals surface area (Å²) in [7, 11) is 0. The van der Waals surface area contributed by atoms with Crippen molar-refractivity contribution in [3.8, 4) is 0 Å². The van der Waals surface area contributed by atoms with Gasteiger partial charge in [-0.15, -0.1) is 11.8 Å². The van der Waals surface area contributed by atoms with Gasteiger partial charge in [-0.1, -0.05) is 32.0 Å². The average molecular weight is 295 g/mol. The number of carboxylic acid groups (broad SMARTS) is 1. The molecule has 20 heavy (non-hydrogen) atoms. The number of para-hydroxylation sites is 1. The van der Waals surface area contributed by atoms with E-state index in [4.69, 9.17) is 5.11 Å². The van der Waals surface area contributed by atoms with Crippen LogP contribution in [-0.2, 0) is 9.59 Å². The Bertz CT molecular complexity index is 474. The fourth-order valence-electron chi connectivity index (χ4n) is 1.77. The Labute approximate surface area is 124 Å². The highest BCUT2D eigenvalue weighted by Crippen LogP contribution is 2.21. The Morgan fingerprint density at radius 2 is 1.95 bits per heavy atom. The number of rotatable bonds is 7. The van der Waals surface area contributed by atoms with Gasteiger partial charge >= 0.3 is 5.97 Å². The molecule has 0 fully saturated rings. The Kier molecular flexibility index (Phi) is 6.58. The average Bonchev–Trinajstić information content (AvgIpc) is 2.38. The molecule has 1 rings (SSSR count). The summed E-state index contributed by atoms with van der Waals surface area (Å²) in [5.74, 6) is -0.571. The SMILES string of the molecule is Cc1ccccc1N(CCC(=O)O)C(=O)CSC(C)C. The molecule has 4 nitrogen and oxygen atoms in total. The lowest BCUT2D eigenvalue weighted by Crippen LogP contribution is -2.35. The first-order chi connectivity index (χ1) is 9.41. The lowest BCUT2D eigenvalue weighted by molar-refractivity contribution is -0.136. The van der Waals surface area contributed by atoms with Crippen LogP contribution in [0.4, 0.5) is 5.69 Å². The molecule has 1 aromatic carbocycles. The van der Waals surface area contributed by atoms with E-state index in [-0.39, 0.29) is 18.9 Å². The van der Waals surface area contributed by atoms with Crippen LogP contribution in [0.5, 0.6) is 0 Å². The molecule has 0 aliphatic heterocycles. The second-order valence-electron chi connectivity index (χ2n) is 4.84. The van der Waals surface area contributed by atoms with Gasteiger partial charge in [-0.2, -0.15) is 0 Å². The van der Waals surface area contributed by atoms with Crippen molar-refractivity contribution in [3.05, 3.63) is 29.8 Å². The van der Waals surface area contributed by atoms with E-state index in [2.05, 4.69) is 0 Å². The van der Waals surface area contributed by atoms with E-state index in [1.54, 1.807) is 16.7 Å². The van der Waals surface area contributed by atoms with Crippen LogP contribution in [0.1, 0.15) is 25.8 Å². The number of hydrogen-bond donors (Lipinski definition) is 1. The molecule has 1 N–H and O–H groups in total. The summed E-state index contributed by atoms with van der Waals surface area (Å²) in [4.78, 5) is 24.7. The molecule has 5 heteroatoms. The van der Waals surface area contributed by atoms with Gasteiger partial charge in [0, 0.05) is 12.2 Å². The second-order valence-corrected chi connectivity index (χ2v) is 6.40. The molecule has 0 aromatic heterocycles. The number of nitrogens with zero attached hydrogens (tertiary/aromatic N) is 1. The number of amides is 1. The van der Waals surface area contributed by atoms with E-state index in [1.807, 2.05) is 45.0 Å². The Morgan fingerprint density at radius 1 is 1.30 bits per heavy atom. The zero-order chi connectivity index (χ0) is 15.1. The monoisotopic (exact) mass is 295 g/mol. The number of hydrogen-bond acceptors (Lipinski definition) is 3. The Morgan fingerprint density at radius 3 is 2.50 bits per heavy atom. The van der Waals surface area contributed by atoms with Gasteiger partial charge in [0.1, 0.15) is 0 Å². The topological polar surface area (TPSA) is 57.6 Å². The van der Waals surface area contributed by atoms with Crippen LogP contribution >= 0.6 is 11.8 Å². The summed E-state index contributed by atoms with van der Waals surface area (Å²) in [5.41, 5.74) is 1.77. The van der Waals surface area contributed by atoms with E-state index in [9.17, 15) is 9.59 Å². The summed E-state index contributed by atoms with van der Waals surface area (Å²) in [6, 6.07) is 7.54. The molecule has 1 amide bonds. The summed E-state index contributed by atoms with van der Waals surface area (Å²) < 4.78 is 0. The summed E-state index contributed by atoms with van der Waals surface area (Å²) in [6.45, 7) is 6.20. The first-order valence-electron chi connectivity index (χ1n) is 6.61. The van der Waals surface area contributed by atoms with E-state index in [0.29, 0.717) is 11.0 Å². The largest absolute Gasteiger partial charge is 0.481 e. The minimum Gasteiger partial charge on any atom is -0.481 e. The molecule has 0 saturated heterocycles. The zero-order valence-electron chi connectivity index (χ0n) is 12.1. The lowest BCUT2D eigenvalue weighted by atomic mass is 10.1. The van der Waals surface area contributed by atoms with E-state index in [0.717, 1.165) is 11.3 Å². The molecule has 0 unspecified atom stereocenters. The van der Waals surface area contributed by atoms with Crippen LogP contribution in [0.15, 0.2) is 24.3 Å². The molecule has 0 radical (unpaired) electrons. The van der Waals surface area contributed by atoms with Crippen molar-refractivity contribution >= 4 is 29.3 Å². The molecule has 0 heterocycles. The van der Waals surface area contributed by atoms with Crippen molar-refractivity contribution in [1.29, 1.82) is 0 Å². The fraction of sp³-hybridized carbons (Fsp3) is 0.467. The first-order valence-corrected chi connectivity index (χ1v) is 7.66. The molecule has 0 spiro atoms. The molecule has 0 saturated carbocycles. The number of benzene rings is 1. The van der Waals surface area contributed by atoms with Gasteiger partial charge in [-0.05, 0) is 23.8 Å². The van der Waals surface area contributed by atoms with Gasteiger partial charge in [0.15, 0.2) is 0 Å². The number of carbonyl (C=O) groups is 2. The normalized spacial score (nSPS) is 10.6. The minimum absolute atomic E-state index is 0.0424. The number of carboxylic acids is 1. The number of aliphatic carboxylic acids is 1. The number of thioether (sulfide) groups is 1. The fourth-order valence-corrected chi connectivity index (χ4v) is 2.40. The number of carbonyl (C=O) groups excluding carboxylic acids is 1. The van der Waals surface area contributed by atoms with Gasteiger partial charge in [0.2, 0.25) is 5.91 Å². The van der Waals surface area contributed by atoms with Gasteiger partial charge in [-0.25, -0.2) is 0 Å². The van der Waals surface area contributed by atoms with Crippen molar-refractivity contribution in [2.75, 3.05) is 17.2 Å². The third-order valence-corrected chi connectivity index (χ3v) is 3.88. The van der Waals surface area contributed by atoms with Crippen molar-refractivity contribution in [1.82, 2.24) is 0 Å². The molecule has 1 aromatic rings. The van der Waals surface area contributed by atoms with Crippen LogP contribution in [0.2, 0.25) is 0 Å². The maximum Gasteiger partial charge on any atom is 0.305 e. The Hall–Kier alpha value is -1.49. The smallest absolute Gasteiger partial charge is 0.305 e. The maximum atomic E-state index is 12.3. The molecular weight excluding hydrogens is 274 g/mol. The summed E-state index contributed by atoms with van der Waals surface area (Å²) >= 11 is 1.56. The predicted octanol–water partition coefficient (Wildman–Crippen LogP) is 2.94. The quantitative estimate of drug-likeness (QED) is 0.840. The molecule has 0 atom stereocenters. The maximum absolute atomic E-state index is 12.3. The van der Waals surface area contributed by atoms with Crippen LogP contribution in [-0.4, -0.2) is 34.5 Å². The highest BCUT2D eigenvalue weighted by atomic mass is 32.2. The molecular formula is C15H21NO3S. The zero-order valence-corrected chi connectivity index (χ0v) is 12.9. The molecule has 110 valence electrons. The minimum atomic E-state index is -0.895. The predicted molar refractivity (Wildman–Crippen MR) is 83.4 cm³/mol. The van der Waals surface area contributed by atoms with Gasteiger partial charge < -0.3 is 10.0 Å². The van der Waals surface area contributed by atoms with Crippen molar-refractivity contribution in [2.24, 2.45) is 0 Å².